The fourth-order valence-corrected chi connectivity index (χ4v) is 3.26. The summed E-state index contributed by atoms with van der Waals surface area (Å²) in [5.74, 6) is 0.379. The lowest BCUT2D eigenvalue weighted by Gasteiger charge is -2.11. The van der Waals surface area contributed by atoms with Crippen molar-refractivity contribution in [1.82, 2.24) is 4.98 Å². The molecule has 1 N–H and O–H groups in total. The Bertz CT molecular complexity index is 980. The van der Waals surface area contributed by atoms with Gasteiger partial charge in [0.2, 0.25) is 0 Å². The van der Waals surface area contributed by atoms with Crippen LogP contribution in [0, 0.1) is 6.92 Å². The van der Waals surface area contributed by atoms with Gasteiger partial charge in [0.25, 0.3) is 5.91 Å². The van der Waals surface area contributed by atoms with Crippen LogP contribution in [0.3, 0.4) is 0 Å². The normalized spacial score (nSPS) is 10.4. The van der Waals surface area contributed by atoms with Crippen LogP contribution in [-0.4, -0.2) is 37.7 Å². The lowest BCUT2D eigenvalue weighted by atomic mass is 10.2. The first-order valence-corrected chi connectivity index (χ1v) is 9.03. The average molecular weight is 402 g/mol. The summed E-state index contributed by atoms with van der Waals surface area (Å²) in [5, 5.41) is 3.20. The standard InChI is InChI=1S/C19H18N2O6S/c1-11-17(21-18(28-11)15-5-4-8-26-15)19(23)27-10-16(22)20-13-9-12(24-2)6-7-14(13)25-3/h4-9H,10H2,1-3H3,(H,20,22). The van der Waals surface area contributed by atoms with Gasteiger partial charge < -0.3 is 23.9 Å². The molecule has 9 heteroatoms. The van der Waals surface area contributed by atoms with Gasteiger partial charge in [0.05, 0.1) is 26.2 Å². The number of thiazole rings is 1. The van der Waals surface area contributed by atoms with E-state index in [-0.39, 0.29) is 5.69 Å². The predicted molar refractivity (Wildman–Crippen MR) is 103 cm³/mol. The number of esters is 1. The summed E-state index contributed by atoms with van der Waals surface area (Å²) in [6.45, 7) is 1.29. The maximum absolute atomic E-state index is 12.3. The second kappa shape index (κ2) is 8.57. The number of nitrogens with one attached hydrogen (secondary N) is 1. The van der Waals surface area contributed by atoms with Crippen molar-refractivity contribution in [3.63, 3.8) is 0 Å². The molecule has 3 aromatic rings. The summed E-state index contributed by atoms with van der Waals surface area (Å²) in [4.78, 5) is 29.4. The summed E-state index contributed by atoms with van der Waals surface area (Å²) in [6, 6.07) is 8.47. The number of carbonyl (C=O) groups excluding carboxylic acids is 2. The van der Waals surface area contributed by atoms with Crippen LogP contribution in [-0.2, 0) is 9.53 Å². The van der Waals surface area contributed by atoms with E-state index in [4.69, 9.17) is 18.6 Å². The Morgan fingerprint density at radius 3 is 2.71 bits per heavy atom. The Balaban J connectivity index is 1.63. The van der Waals surface area contributed by atoms with Gasteiger partial charge in [-0.3, -0.25) is 4.79 Å². The van der Waals surface area contributed by atoms with Crippen LogP contribution in [0.4, 0.5) is 5.69 Å². The molecular weight excluding hydrogens is 384 g/mol. The number of anilines is 1. The number of furan rings is 1. The van der Waals surface area contributed by atoms with Crippen LogP contribution >= 0.6 is 11.3 Å². The largest absolute Gasteiger partial charge is 0.497 e. The predicted octanol–water partition coefficient (Wildman–Crippen LogP) is 3.52. The Morgan fingerprint density at radius 1 is 1.21 bits per heavy atom. The molecule has 28 heavy (non-hydrogen) atoms. The number of aryl methyl sites for hydroxylation is 1. The molecule has 3 rings (SSSR count). The molecule has 2 heterocycles. The zero-order valence-corrected chi connectivity index (χ0v) is 16.3. The summed E-state index contributed by atoms with van der Waals surface area (Å²) >= 11 is 1.31. The Morgan fingerprint density at radius 2 is 2.04 bits per heavy atom. The second-order valence-electron chi connectivity index (χ2n) is 5.59. The van der Waals surface area contributed by atoms with Crippen LogP contribution in [0.2, 0.25) is 0 Å². The second-order valence-corrected chi connectivity index (χ2v) is 6.79. The van der Waals surface area contributed by atoms with Gasteiger partial charge in [-0.1, -0.05) is 0 Å². The third-order valence-electron chi connectivity index (χ3n) is 3.74. The van der Waals surface area contributed by atoms with Crippen molar-refractivity contribution in [3.8, 4) is 22.3 Å². The molecule has 0 unspecified atom stereocenters. The molecular formula is C19H18N2O6S. The number of nitrogens with zero attached hydrogens (tertiary/aromatic N) is 1. The van der Waals surface area contributed by atoms with Crippen LogP contribution in [0.5, 0.6) is 11.5 Å². The van der Waals surface area contributed by atoms with E-state index in [9.17, 15) is 9.59 Å². The Hall–Kier alpha value is -3.33. The number of amides is 1. The first kappa shape index (κ1) is 19.4. The van der Waals surface area contributed by atoms with Crippen LogP contribution in [0.25, 0.3) is 10.8 Å². The van der Waals surface area contributed by atoms with E-state index in [1.54, 1.807) is 37.3 Å². The molecule has 1 amide bonds. The maximum Gasteiger partial charge on any atom is 0.358 e. The molecule has 146 valence electrons. The van der Waals surface area contributed by atoms with Gasteiger partial charge in [-0.2, -0.15) is 0 Å². The van der Waals surface area contributed by atoms with E-state index in [1.807, 2.05) is 0 Å². The van der Waals surface area contributed by atoms with Gasteiger partial charge in [0.15, 0.2) is 23.1 Å². The van der Waals surface area contributed by atoms with E-state index in [2.05, 4.69) is 10.3 Å². The van der Waals surface area contributed by atoms with E-state index < -0.39 is 18.5 Å². The fourth-order valence-electron chi connectivity index (χ4n) is 2.39. The lowest BCUT2D eigenvalue weighted by Crippen LogP contribution is -2.21. The smallest absolute Gasteiger partial charge is 0.358 e. The van der Waals surface area contributed by atoms with Gasteiger partial charge in [0.1, 0.15) is 11.5 Å². The summed E-state index contributed by atoms with van der Waals surface area (Å²) in [6.07, 6.45) is 1.53. The molecule has 0 aliphatic heterocycles. The monoisotopic (exact) mass is 402 g/mol. The van der Waals surface area contributed by atoms with E-state index in [0.717, 1.165) is 0 Å². The highest BCUT2D eigenvalue weighted by Gasteiger charge is 2.20. The van der Waals surface area contributed by atoms with Gasteiger partial charge in [-0.25, -0.2) is 9.78 Å². The number of ether oxygens (including phenoxy) is 3. The minimum absolute atomic E-state index is 0.156. The molecule has 0 saturated heterocycles. The average Bonchev–Trinajstić information content (AvgIpc) is 3.35. The minimum Gasteiger partial charge on any atom is -0.497 e. The van der Waals surface area contributed by atoms with Gasteiger partial charge in [-0.15, -0.1) is 11.3 Å². The van der Waals surface area contributed by atoms with Crippen LogP contribution < -0.4 is 14.8 Å². The van der Waals surface area contributed by atoms with Crippen molar-refractivity contribution in [2.45, 2.75) is 6.92 Å². The fraction of sp³-hybridized carbons (Fsp3) is 0.211. The molecule has 0 bridgehead atoms. The van der Waals surface area contributed by atoms with Crippen molar-refractivity contribution in [2.24, 2.45) is 0 Å². The molecule has 2 aromatic heterocycles. The molecule has 0 aliphatic rings. The SMILES string of the molecule is COc1ccc(OC)c(NC(=O)COC(=O)c2nc(-c3ccco3)sc2C)c1. The quantitative estimate of drug-likeness (QED) is 0.604. The summed E-state index contributed by atoms with van der Waals surface area (Å²) in [5.41, 5.74) is 0.566. The van der Waals surface area contributed by atoms with Crippen LogP contribution in [0.15, 0.2) is 41.0 Å². The zero-order chi connectivity index (χ0) is 20.1. The number of carbonyl (C=O) groups is 2. The van der Waals surface area contributed by atoms with Gasteiger partial charge in [-0.05, 0) is 31.2 Å². The zero-order valence-electron chi connectivity index (χ0n) is 15.5. The van der Waals surface area contributed by atoms with Crippen molar-refractivity contribution >= 4 is 28.9 Å². The number of hydrogen-bond donors (Lipinski definition) is 1. The third-order valence-corrected chi connectivity index (χ3v) is 4.72. The molecule has 0 atom stereocenters. The maximum atomic E-state index is 12.3. The first-order chi connectivity index (χ1) is 13.5. The molecule has 0 aliphatic carbocycles. The highest BCUT2D eigenvalue weighted by molar-refractivity contribution is 7.15. The Kier molecular flexibility index (Phi) is 5.95. The van der Waals surface area contributed by atoms with Crippen molar-refractivity contribution in [3.05, 3.63) is 47.2 Å². The molecule has 0 fully saturated rings. The minimum atomic E-state index is -0.681. The number of aromatic nitrogens is 1. The number of methoxy groups -OCH3 is 2. The van der Waals surface area contributed by atoms with Crippen molar-refractivity contribution in [1.29, 1.82) is 0 Å². The topological polar surface area (TPSA) is 99.9 Å². The molecule has 0 radical (unpaired) electrons. The Labute approximate surface area is 165 Å². The van der Waals surface area contributed by atoms with E-state index in [0.29, 0.717) is 32.8 Å². The lowest BCUT2D eigenvalue weighted by molar-refractivity contribution is -0.119. The highest BCUT2D eigenvalue weighted by atomic mass is 32.1. The van der Waals surface area contributed by atoms with E-state index >= 15 is 0 Å². The van der Waals surface area contributed by atoms with Crippen LogP contribution in [0.1, 0.15) is 15.4 Å². The molecule has 1 aromatic carbocycles. The first-order valence-electron chi connectivity index (χ1n) is 8.22. The number of rotatable bonds is 7. The van der Waals surface area contributed by atoms with Gasteiger partial charge >= 0.3 is 5.97 Å². The summed E-state index contributed by atoms with van der Waals surface area (Å²) < 4.78 is 20.7. The third kappa shape index (κ3) is 4.32. The molecule has 0 spiro atoms. The highest BCUT2D eigenvalue weighted by Crippen LogP contribution is 2.29. The molecule has 8 nitrogen and oxygen atoms in total. The number of benzene rings is 1. The number of hydrogen-bond acceptors (Lipinski definition) is 8. The van der Waals surface area contributed by atoms with E-state index in [1.165, 1.54) is 31.8 Å². The van der Waals surface area contributed by atoms with Crippen molar-refractivity contribution in [2.75, 3.05) is 26.1 Å². The molecule has 0 saturated carbocycles. The van der Waals surface area contributed by atoms with Crippen molar-refractivity contribution < 1.29 is 28.2 Å². The van der Waals surface area contributed by atoms with Gasteiger partial charge in [0, 0.05) is 10.9 Å². The summed E-state index contributed by atoms with van der Waals surface area (Å²) in [7, 11) is 3.00.